The highest BCUT2D eigenvalue weighted by Gasteiger charge is 2.36. The largest absolute Gasteiger partial charge is 0.394 e. The number of benzene rings is 1. The third-order valence-corrected chi connectivity index (χ3v) is 3.97. The Kier molecular flexibility index (Phi) is 3.80. The van der Waals surface area contributed by atoms with E-state index >= 15 is 0 Å². The van der Waals surface area contributed by atoms with Gasteiger partial charge in [0.25, 0.3) is 0 Å². The van der Waals surface area contributed by atoms with Crippen LogP contribution in [0.1, 0.15) is 18.1 Å². The van der Waals surface area contributed by atoms with Crippen molar-refractivity contribution in [1.82, 2.24) is 4.90 Å². The fourth-order valence-corrected chi connectivity index (χ4v) is 2.74. The van der Waals surface area contributed by atoms with Crippen LogP contribution in [0.2, 0.25) is 0 Å². The standard InChI is InChI=1S/C15H22N2O2/c1-10-5-6-13(7-11(10)2)17-12(3)8-16(4)15(19)14(17)9-18/h5-7,12,14,18H,8-9H2,1-4H3. The van der Waals surface area contributed by atoms with Gasteiger partial charge in [-0.25, -0.2) is 0 Å². The van der Waals surface area contributed by atoms with E-state index in [4.69, 9.17) is 0 Å². The molecule has 4 heteroatoms. The lowest BCUT2D eigenvalue weighted by atomic mass is 10.0. The number of piperazine rings is 1. The molecule has 1 heterocycles. The van der Waals surface area contributed by atoms with Gasteiger partial charge in [0.15, 0.2) is 0 Å². The SMILES string of the molecule is Cc1ccc(N2C(C)CN(C)C(=O)C2CO)cc1C. The molecule has 1 aliphatic heterocycles. The molecule has 1 aromatic carbocycles. The highest BCUT2D eigenvalue weighted by molar-refractivity contribution is 5.87. The molecule has 1 aromatic rings. The molecule has 19 heavy (non-hydrogen) atoms. The molecule has 0 bridgehead atoms. The number of likely N-dealkylation sites (N-methyl/N-ethyl adjacent to an activating group) is 1. The maximum Gasteiger partial charge on any atom is 0.247 e. The van der Waals surface area contributed by atoms with Gasteiger partial charge in [-0.15, -0.1) is 0 Å². The van der Waals surface area contributed by atoms with E-state index in [0.29, 0.717) is 6.54 Å². The number of aryl methyl sites for hydroxylation is 2. The molecule has 0 spiro atoms. The van der Waals surface area contributed by atoms with Gasteiger partial charge in [0.2, 0.25) is 5.91 Å². The highest BCUT2D eigenvalue weighted by Crippen LogP contribution is 2.26. The second kappa shape index (κ2) is 5.21. The summed E-state index contributed by atoms with van der Waals surface area (Å²) >= 11 is 0. The maximum absolute atomic E-state index is 12.2. The van der Waals surface area contributed by atoms with Crippen molar-refractivity contribution in [3.8, 4) is 0 Å². The van der Waals surface area contributed by atoms with E-state index in [-0.39, 0.29) is 18.6 Å². The second-order valence-electron chi connectivity index (χ2n) is 5.44. The molecular weight excluding hydrogens is 240 g/mol. The van der Waals surface area contributed by atoms with Gasteiger partial charge in [-0.1, -0.05) is 6.07 Å². The Balaban J connectivity index is 2.39. The third kappa shape index (κ3) is 2.45. The lowest BCUT2D eigenvalue weighted by Gasteiger charge is -2.44. The van der Waals surface area contributed by atoms with Crippen molar-refractivity contribution in [3.63, 3.8) is 0 Å². The summed E-state index contributed by atoms with van der Waals surface area (Å²) in [5.74, 6) is -0.0150. The van der Waals surface area contributed by atoms with Crippen LogP contribution in [0.3, 0.4) is 0 Å². The molecule has 1 saturated heterocycles. The van der Waals surface area contributed by atoms with E-state index in [0.717, 1.165) is 5.69 Å². The molecule has 0 aliphatic carbocycles. The number of hydrogen-bond acceptors (Lipinski definition) is 3. The minimum Gasteiger partial charge on any atom is -0.394 e. The molecule has 0 aromatic heterocycles. The van der Waals surface area contributed by atoms with Crippen molar-refractivity contribution in [3.05, 3.63) is 29.3 Å². The Bertz CT molecular complexity index is 487. The average Bonchev–Trinajstić information content (AvgIpc) is 2.37. The van der Waals surface area contributed by atoms with Gasteiger partial charge in [-0.2, -0.15) is 0 Å². The quantitative estimate of drug-likeness (QED) is 0.874. The molecule has 0 saturated carbocycles. The van der Waals surface area contributed by atoms with Crippen LogP contribution in [0.25, 0.3) is 0 Å². The van der Waals surface area contributed by atoms with E-state index in [1.165, 1.54) is 11.1 Å². The van der Waals surface area contributed by atoms with Crippen LogP contribution in [-0.4, -0.2) is 48.2 Å². The number of nitrogens with zero attached hydrogens (tertiary/aromatic N) is 2. The van der Waals surface area contributed by atoms with Crippen molar-refractivity contribution < 1.29 is 9.90 Å². The van der Waals surface area contributed by atoms with E-state index in [2.05, 4.69) is 32.9 Å². The topological polar surface area (TPSA) is 43.8 Å². The number of rotatable bonds is 2. The zero-order chi connectivity index (χ0) is 14.2. The van der Waals surface area contributed by atoms with Crippen molar-refractivity contribution in [2.24, 2.45) is 0 Å². The number of aliphatic hydroxyl groups excluding tert-OH is 1. The fraction of sp³-hybridized carbons (Fsp3) is 0.533. The Morgan fingerprint density at radius 3 is 2.58 bits per heavy atom. The van der Waals surface area contributed by atoms with Crippen LogP contribution in [0, 0.1) is 13.8 Å². The van der Waals surface area contributed by atoms with E-state index < -0.39 is 6.04 Å². The molecule has 104 valence electrons. The minimum atomic E-state index is -0.476. The summed E-state index contributed by atoms with van der Waals surface area (Å²) in [6, 6.07) is 5.90. The first-order chi connectivity index (χ1) is 8.95. The molecule has 2 atom stereocenters. The maximum atomic E-state index is 12.2. The predicted molar refractivity (Wildman–Crippen MR) is 76.4 cm³/mol. The van der Waals surface area contributed by atoms with Crippen molar-refractivity contribution in [1.29, 1.82) is 0 Å². The Labute approximate surface area is 114 Å². The molecule has 1 fully saturated rings. The Hall–Kier alpha value is -1.55. The molecule has 0 radical (unpaired) electrons. The van der Waals surface area contributed by atoms with Crippen molar-refractivity contribution in [2.75, 3.05) is 25.1 Å². The van der Waals surface area contributed by atoms with Crippen LogP contribution in [0.4, 0.5) is 5.69 Å². The summed E-state index contributed by atoms with van der Waals surface area (Å²) in [6.07, 6.45) is 0. The van der Waals surface area contributed by atoms with E-state index in [1.54, 1.807) is 11.9 Å². The molecule has 1 amide bonds. The molecule has 2 rings (SSSR count). The molecular formula is C15H22N2O2. The number of hydrogen-bond donors (Lipinski definition) is 1. The smallest absolute Gasteiger partial charge is 0.247 e. The van der Waals surface area contributed by atoms with Crippen molar-refractivity contribution >= 4 is 11.6 Å². The number of carbonyl (C=O) groups excluding carboxylic acids is 1. The lowest BCUT2D eigenvalue weighted by Crippen LogP contribution is -2.61. The predicted octanol–water partition coefficient (Wildman–Crippen LogP) is 1.33. The number of anilines is 1. The van der Waals surface area contributed by atoms with Gasteiger partial charge in [-0.3, -0.25) is 4.79 Å². The van der Waals surface area contributed by atoms with Crippen LogP contribution in [0.15, 0.2) is 18.2 Å². The highest BCUT2D eigenvalue weighted by atomic mass is 16.3. The van der Waals surface area contributed by atoms with Gasteiger partial charge >= 0.3 is 0 Å². The molecule has 4 nitrogen and oxygen atoms in total. The summed E-state index contributed by atoms with van der Waals surface area (Å²) < 4.78 is 0. The van der Waals surface area contributed by atoms with Gasteiger partial charge in [0.1, 0.15) is 6.04 Å². The summed E-state index contributed by atoms with van der Waals surface area (Å²) in [5, 5.41) is 9.56. The number of carbonyl (C=O) groups is 1. The second-order valence-corrected chi connectivity index (χ2v) is 5.44. The normalized spacial score (nSPS) is 23.9. The number of amides is 1. The van der Waals surface area contributed by atoms with Gasteiger partial charge < -0.3 is 14.9 Å². The summed E-state index contributed by atoms with van der Waals surface area (Å²) in [4.78, 5) is 15.9. The number of aliphatic hydroxyl groups is 1. The van der Waals surface area contributed by atoms with Crippen LogP contribution < -0.4 is 4.90 Å². The van der Waals surface area contributed by atoms with Crippen molar-refractivity contribution in [2.45, 2.75) is 32.9 Å². The first-order valence-electron chi connectivity index (χ1n) is 6.67. The van der Waals surface area contributed by atoms with E-state index in [9.17, 15) is 9.90 Å². The van der Waals surface area contributed by atoms with Crippen LogP contribution >= 0.6 is 0 Å². The average molecular weight is 262 g/mol. The van der Waals surface area contributed by atoms with Gasteiger partial charge in [0.05, 0.1) is 6.61 Å². The zero-order valence-corrected chi connectivity index (χ0v) is 12.1. The van der Waals surface area contributed by atoms with Gasteiger partial charge in [0, 0.05) is 25.3 Å². The Morgan fingerprint density at radius 2 is 2.00 bits per heavy atom. The fourth-order valence-electron chi connectivity index (χ4n) is 2.74. The summed E-state index contributed by atoms with van der Waals surface area (Å²) in [7, 11) is 1.79. The Morgan fingerprint density at radius 1 is 1.32 bits per heavy atom. The first-order valence-corrected chi connectivity index (χ1v) is 6.67. The molecule has 1 aliphatic rings. The lowest BCUT2D eigenvalue weighted by molar-refractivity contribution is -0.134. The first kappa shape index (κ1) is 13.9. The monoisotopic (exact) mass is 262 g/mol. The summed E-state index contributed by atoms with van der Waals surface area (Å²) in [6.45, 7) is 6.75. The molecule has 1 N–H and O–H groups in total. The van der Waals surface area contributed by atoms with Gasteiger partial charge in [-0.05, 0) is 44.0 Å². The van der Waals surface area contributed by atoms with Crippen LogP contribution in [-0.2, 0) is 4.79 Å². The zero-order valence-electron chi connectivity index (χ0n) is 12.1. The minimum absolute atomic E-state index is 0.0150. The molecule has 2 unspecified atom stereocenters. The summed E-state index contributed by atoms with van der Waals surface area (Å²) in [5.41, 5.74) is 3.45. The third-order valence-electron chi connectivity index (χ3n) is 3.97. The van der Waals surface area contributed by atoms with E-state index in [1.807, 2.05) is 11.0 Å². The van der Waals surface area contributed by atoms with Crippen LogP contribution in [0.5, 0.6) is 0 Å².